The van der Waals surface area contributed by atoms with E-state index in [9.17, 15) is 4.79 Å². The van der Waals surface area contributed by atoms with Gasteiger partial charge in [-0.3, -0.25) is 9.69 Å². The maximum Gasteiger partial charge on any atom is 0.262 e. The second kappa shape index (κ2) is 7.84. The number of anilines is 3. The zero-order chi connectivity index (χ0) is 20.5. The van der Waals surface area contributed by atoms with Gasteiger partial charge in [0.15, 0.2) is 0 Å². The van der Waals surface area contributed by atoms with Gasteiger partial charge in [0, 0.05) is 30.2 Å². The molecule has 5 rings (SSSR count). The third-order valence-corrected chi connectivity index (χ3v) is 5.82. The first kappa shape index (κ1) is 18.7. The first-order valence-electron chi connectivity index (χ1n) is 10.4. The number of carbonyl (C=O) groups excluding carboxylic acids is 1. The van der Waals surface area contributed by atoms with E-state index in [1.54, 1.807) is 0 Å². The Labute approximate surface area is 176 Å². The highest BCUT2D eigenvalue weighted by Gasteiger charge is 2.34. The molecule has 152 valence electrons. The van der Waals surface area contributed by atoms with E-state index in [0.717, 1.165) is 43.2 Å². The molecule has 1 unspecified atom stereocenters. The Bertz CT molecular complexity index is 1040. The number of aryl methyl sites for hydroxylation is 1. The summed E-state index contributed by atoms with van der Waals surface area (Å²) in [5.41, 5.74) is 5.85. The average Bonchev–Trinajstić information content (AvgIpc) is 2.81. The number of fused-ring (bicyclic) bond motifs is 1. The van der Waals surface area contributed by atoms with Crippen molar-refractivity contribution >= 4 is 23.0 Å². The molecule has 0 saturated carbocycles. The van der Waals surface area contributed by atoms with Gasteiger partial charge in [-0.05, 0) is 48.9 Å². The van der Waals surface area contributed by atoms with Crippen LogP contribution in [0.15, 0.2) is 72.8 Å². The van der Waals surface area contributed by atoms with Crippen molar-refractivity contribution in [1.82, 2.24) is 0 Å². The summed E-state index contributed by atoms with van der Waals surface area (Å²) in [5, 5.41) is 3.58. The van der Waals surface area contributed by atoms with Crippen molar-refractivity contribution < 1.29 is 9.53 Å². The standard InChI is InChI=1S/C25H25N3O2/c1-18-6-10-21(11-7-18)28-24(26-23-5-3-2-4-22(23)25(28)29)19-8-12-20(13-9-19)27-14-16-30-17-15-27/h2-13,24,26H,14-17H2,1H3. The van der Waals surface area contributed by atoms with E-state index in [1.807, 2.05) is 53.4 Å². The van der Waals surface area contributed by atoms with Gasteiger partial charge in [0.1, 0.15) is 6.17 Å². The zero-order valence-electron chi connectivity index (χ0n) is 17.0. The molecule has 0 aromatic heterocycles. The molecule has 2 aliphatic heterocycles. The summed E-state index contributed by atoms with van der Waals surface area (Å²) in [4.78, 5) is 17.6. The molecule has 1 saturated heterocycles. The van der Waals surface area contributed by atoms with Crippen LogP contribution < -0.4 is 15.1 Å². The van der Waals surface area contributed by atoms with E-state index in [4.69, 9.17) is 4.74 Å². The average molecular weight is 399 g/mol. The predicted molar refractivity (Wildman–Crippen MR) is 120 cm³/mol. The summed E-state index contributed by atoms with van der Waals surface area (Å²) < 4.78 is 5.46. The fourth-order valence-corrected chi connectivity index (χ4v) is 4.15. The van der Waals surface area contributed by atoms with E-state index < -0.39 is 0 Å². The van der Waals surface area contributed by atoms with Gasteiger partial charge in [0.05, 0.1) is 18.8 Å². The van der Waals surface area contributed by atoms with Crippen molar-refractivity contribution in [2.45, 2.75) is 13.1 Å². The van der Waals surface area contributed by atoms with Crippen molar-refractivity contribution in [2.24, 2.45) is 0 Å². The van der Waals surface area contributed by atoms with Crippen LogP contribution in [0.3, 0.4) is 0 Å². The highest BCUT2D eigenvalue weighted by Crippen LogP contribution is 2.37. The summed E-state index contributed by atoms with van der Waals surface area (Å²) in [5.74, 6) is 0.00968. The van der Waals surface area contributed by atoms with Crippen molar-refractivity contribution in [3.63, 3.8) is 0 Å². The fraction of sp³-hybridized carbons (Fsp3) is 0.240. The van der Waals surface area contributed by atoms with Crippen molar-refractivity contribution in [2.75, 3.05) is 41.4 Å². The van der Waals surface area contributed by atoms with Gasteiger partial charge >= 0.3 is 0 Å². The Morgan fingerprint density at radius 3 is 2.27 bits per heavy atom. The maximum atomic E-state index is 13.5. The highest BCUT2D eigenvalue weighted by molar-refractivity contribution is 6.12. The molecule has 3 aromatic carbocycles. The zero-order valence-corrected chi connectivity index (χ0v) is 17.0. The molecule has 1 atom stereocenters. The molecule has 0 radical (unpaired) electrons. The third-order valence-electron chi connectivity index (χ3n) is 5.82. The van der Waals surface area contributed by atoms with Gasteiger partial charge in [0.25, 0.3) is 5.91 Å². The monoisotopic (exact) mass is 399 g/mol. The number of para-hydroxylation sites is 1. The minimum Gasteiger partial charge on any atom is -0.378 e. The first-order chi connectivity index (χ1) is 14.7. The number of morpholine rings is 1. The molecular formula is C25H25N3O2. The largest absolute Gasteiger partial charge is 0.378 e. The Morgan fingerprint density at radius 1 is 0.867 bits per heavy atom. The van der Waals surface area contributed by atoms with Gasteiger partial charge in [-0.25, -0.2) is 0 Å². The molecule has 5 nitrogen and oxygen atoms in total. The molecule has 1 fully saturated rings. The van der Waals surface area contributed by atoms with Crippen LogP contribution in [0.25, 0.3) is 0 Å². The number of benzene rings is 3. The quantitative estimate of drug-likeness (QED) is 0.699. The molecule has 0 aliphatic carbocycles. The van der Waals surface area contributed by atoms with Gasteiger partial charge in [0.2, 0.25) is 0 Å². The SMILES string of the molecule is Cc1ccc(N2C(=O)c3ccccc3NC2c2ccc(N3CCOCC3)cc2)cc1. The van der Waals surface area contributed by atoms with Gasteiger partial charge in [-0.15, -0.1) is 0 Å². The second-order valence-corrected chi connectivity index (χ2v) is 7.79. The Morgan fingerprint density at radius 2 is 1.53 bits per heavy atom. The van der Waals surface area contributed by atoms with Crippen LogP contribution in [0.1, 0.15) is 27.7 Å². The lowest BCUT2D eigenvalue weighted by atomic mass is 10.0. The van der Waals surface area contributed by atoms with Crippen LogP contribution in [0.4, 0.5) is 17.1 Å². The number of nitrogens with zero attached hydrogens (tertiary/aromatic N) is 2. The molecule has 3 aromatic rings. The lowest BCUT2D eigenvalue weighted by Crippen LogP contribution is -2.43. The first-order valence-corrected chi connectivity index (χ1v) is 10.4. The molecule has 0 spiro atoms. The van der Waals surface area contributed by atoms with Gasteiger partial charge in [-0.1, -0.05) is 42.0 Å². The topological polar surface area (TPSA) is 44.8 Å². The van der Waals surface area contributed by atoms with Crippen LogP contribution in [-0.4, -0.2) is 32.2 Å². The van der Waals surface area contributed by atoms with Crippen LogP contribution in [-0.2, 0) is 4.74 Å². The summed E-state index contributed by atoms with van der Waals surface area (Å²) in [6.07, 6.45) is -0.270. The fourth-order valence-electron chi connectivity index (χ4n) is 4.15. The maximum absolute atomic E-state index is 13.5. The molecular weight excluding hydrogens is 374 g/mol. The number of nitrogens with one attached hydrogen (secondary N) is 1. The van der Waals surface area contributed by atoms with Crippen molar-refractivity contribution in [3.05, 3.63) is 89.5 Å². The van der Waals surface area contributed by atoms with E-state index in [2.05, 4.69) is 41.4 Å². The smallest absolute Gasteiger partial charge is 0.262 e. The number of rotatable bonds is 3. The van der Waals surface area contributed by atoms with Crippen LogP contribution >= 0.6 is 0 Å². The molecule has 30 heavy (non-hydrogen) atoms. The van der Waals surface area contributed by atoms with Crippen molar-refractivity contribution in [3.8, 4) is 0 Å². The minimum absolute atomic E-state index is 0.00968. The van der Waals surface area contributed by atoms with Gasteiger partial charge < -0.3 is 15.0 Å². The highest BCUT2D eigenvalue weighted by atomic mass is 16.5. The molecule has 1 amide bonds. The normalized spacial score (nSPS) is 18.7. The summed E-state index contributed by atoms with van der Waals surface area (Å²) in [6, 6.07) is 24.3. The molecule has 0 bridgehead atoms. The number of hydrogen-bond donors (Lipinski definition) is 1. The Balaban J connectivity index is 1.52. The van der Waals surface area contributed by atoms with Crippen LogP contribution in [0, 0.1) is 6.92 Å². The van der Waals surface area contributed by atoms with Crippen LogP contribution in [0.5, 0.6) is 0 Å². The lowest BCUT2D eigenvalue weighted by Gasteiger charge is -2.38. The van der Waals surface area contributed by atoms with E-state index in [-0.39, 0.29) is 12.1 Å². The van der Waals surface area contributed by atoms with Crippen molar-refractivity contribution in [1.29, 1.82) is 0 Å². The number of hydrogen-bond acceptors (Lipinski definition) is 4. The van der Waals surface area contributed by atoms with E-state index in [0.29, 0.717) is 5.56 Å². The van der Waals surface area contributed by atoms with E-state index >= 15 is 0 Å². The number of amides is 1. The van der Waals surface area contributed by atoms with E-state index in [1.165, 1.54) is 11.3 Å². The summed E-state index contributed by atoms with van der Waals surface area (Å²) in [6.45, 7) is 5.39. The summed E-state index contributed by atoms with van der Waals surface area (Å²) >= 11 is 0. The van der Waals surface area contributed by atoms with Crippen LogP contribution in [0.2, 0.25) is 0 Å². The van der Waals surface area contributed by atoms with Gasteiger partial charge in [-0.2, -0.15) is 0 Å². The molecule has 1 N–H and O–H groups in total. The predicted octanol–water partition coefficient (Wildman–Crippen LogP) is 4.60. The summed E-state index contributed by atoms with van der Waals surface area (Å²) in [7, 11) is 0. The Hall–Kier alpha value is -3.31. The number of ether oxygens (including phenoxy) is 1. The lowest BCUT2D eigenvalue weighted by molar-refractivity contribution is 0.0975. The minimum atomic E-state index is -0.270. The number of carbonyl (C=O) groups is 1. The molecule has 2 heterocycles. The molecule has 5 heteroatoms. The Kier molecular flexibility index (Phi) is 4.89. The molecule has 2 aliphatic rings. The third kappa shape index (κ3) is 3.42. The second-order valence-electron chi connectivity index (χ2n) is 7.79.